The number of carbonyl (C=O) groups excluding carboxylic acids is 1. The van der Waals surface area contributed by atoms with Crippen LogP contribution in [-0.2, 0) is 14.3 Å². The van der Waals surface area contributed by atoms with Crippen molar-refractivity contribution in [3.8, 4) is 29.7 Å². The van der Waals surface area contributed by atoms with Crippen LogP contribution < -0.4 is 14.6 Å². The summed E-state index contributed by atoms with van der Waals surface area (Å²) >= 11 is 0. The summed E-state index contributed by atoms with van der Waals surface area (Å²) in [6, 6.07) is 9.59. The highest BCUT2D eigenvalue weighted by Crippen LogP contribution is 2.42. The van der Waals surface area contributed by atoms with E-state index in [1.54, 1.807) is 12.1 Å². The number of cyclic esters (lactones) is 1. The average molecular weight is 407 g/mol. The number of benzene rings is 1. The molecule has 0 spiro atoms. The van der Waals surface area contributed by atoms with Crippen molar-refractivity contribution >= 4 is 11.7 Å². The Morgan fingerprint density at radius 1 is 1.13 bits per heavy atom. The van der Waals surface area contributed by atoms with Gasteiger partial charge in [0.2, 0.25) is 6.79 Å². The van der Waals surface area contributed by atoms with E-state index in [2.05, 4.69) is 0 Å². The molecular formula is C20H15N4O6-. The predicted octanol–water partition coefficient (Wildman–Crippen LogP) is 1.20. The zero-order chi connectivity index (χ0) is 22.1. The number of hydrogen-bond acceptors (Lipinski definition) is 10. The van der Waals surface area contributed by atoms with Crippen molar-refractivity contribution < 1.29 is 28.8 Å². The van der Waals surface area contributed by atoms with Crippen molar-refractivity contribution in [3.05, 3.63) is 35.3 Å². The number of carbonyl (C=O) groups is 1. The van der Waals surface area contributed by atoms with Gasteiger partial charge in [0.05, 0.1) is 41.4 Å². The van der Waals surface area contributed by atoms with E-state index in [0.29, 0.717) is 11.5 Å². The Morgan fingerprint density at radius 2 is 1.80 bits per heavy atom. The number of fused-ring (bicyclic) bond motifs is 1. The third-order valence-corrected chi connectivity index (χ3v) is 4.56. The molecule has 30 heavy (non-hydrogen) atoms. The van der Waals surface area contributed by atoms with Gasteiger partial charge >= 0.3 is 5.97 Å². The molecule has 0 saturated heterocycles. The quantitative estimate of drug-likeness (QED) is 0.556. The van der Waals surface area contributed by atoms with Gasteiger partial charge in [0.25, 0.3) is 0 Å². The number of rotatable bonds is 5. The number of ether oxygens (including phenoxy) is 4. The van der Waals surface area contributed by atoms with Gasteiger partial charge in [0.1, 0.15) is 0 Å². The summed E-state index contributed by atoms with van der Waals surface area (Å²) in [5.41, 5.74) is -0.809. The lowest BCUT2D eigenvalue weighted by atomic mass is 9.76. The maximum atomic E-state index is 12.7. The summed E-state index contributed by atoms with van der Waals surface area (Å²) in [6.07, 6.45) is 0. The first-order valence-corrected chi connectivity index (χ1v) is 8.72. The van der Waals surface area contributed by atoms with Gasteiger partial charge in [-0.3, -0.25) is 0 Å². The molecule has 0 radical (unpaired) electrons. The Kier molecular flexibility index (Phi) is 5.23. The van der Waals surface area contributed by atoms with Crippen molar-refractivity contribution in [2.45, 2.75) is 25.6 Å². The maximum Gasteiger partial charge on any atom is 0.337 e. The molecule has 0 saturated carbocycles. The minimum absolute atomic E-state index is 0.0270. The van der Waals surface area contributed by atoms with Gasteiger partial charge in [0, 0.05) is 5.92 Å². The van der Waals surface area contributed by atoms with Crippen LogP contribution in [-0.4, -0.2) is 24.3 Å². The normalized spacial score (nSPS) is 18.3. The Hall–Kier alpha value is -4.23. The number of nitriles is 3. The van der Waals surface area contributed by atoms with Gasteiger partial charge < -0.3 is 29.5 Å². The molecule has 152 valence electrons. The van der Waals surface area contributed by atoms with E-state index < -0.39 is 46.7 Å². The molecule has 1 aromatic rings. The largest absolute Gasteiger partial charge is 0.575 e. The molecule has 0 bridgehead atoms. The van der Waals surface area contributed by atoms with Gasteiger partial charge in [-0.2, -0.15) is 15.8 Å². The zero-order valence-corrected chi connectivity index (χ0v) is 16.0. The van der Waals surface area contributed by atoms with Crippen LogP contribution in [0.5, 0.6) is 11.5 Å². The molecule has 0 fully saturated rings. The Morgan fingerprint density at radius 3 is 2.40 bits per heavy atom. The van der Waals surface area contributed by atoms with E-state index in [-0.39, 0.29) is 12.4 Å². The fourth-order valence-electron chi connectivity index (χ4n) is 3.22. The second-order valence-corrected chi connectivity index (χ2v) is 6.94. The van der Waals surface area contributed by atoms with E-state index >= 15 is 0 Å². The minimum Gasteiger partial charge on any atom is -0.575 e. The lowest BCUT2D eigenvalue weighted by molar-refractivity contribution is -0.394. The van der Waals surface area contributed by atoms with E-state index in [1.807, 2.05) is 6.07 Å². The molecule has 0 amide bonds. The van der Waals surface area contributed by atoms with Crippen molar-refractivity contribution in [1.29, 1.82) is 21.2 Å². The summed E-state index contributed by atoms with van der Waals surface area (Å²) in [5.74, 6) is -7.17. The lowest BCUT2D eigenvalue weighted by Crippen LogP contribution is -2.43. The van der Waals surface area contributed by atoms with Gasteiger partial charge in [-0.25, -0.2) is 4.79 Å². The van der Waals surface area contributed by atoms with Crippen LogP contribution in [0.1, 0.15) is 25.3 Å². The van der Waals surface area contributed by atoms with Gasteiger partial charge in [-0.05, 0) is 31.5 Å². The Balaban J connectivity index is 2.18. The molecule has 0 unspecified atom stereocenters. The molecule has 2 atom stereocenters. The van der Waals surface area contributed by atoms with Crippen LogP contribution in [0.25, 0.3) is 0 Å². The predicted molar refractivity (Wildman–Crippen MR) is 95.1 cm³/mol. The van der Waals surface area contributed by atoms with E-state index in [0.717, 1.165) is 0 Å². The van der Waals surface area contributed by atoms with Crippen molar-refractivity contribution in [1.82, 2.24) is 0 Å². The van der Waals surface area contributed by atoms with Crippen LogP contribution in [0, 0.1) is 51.2 Å². The molecule has 1 aromatic carbocycles. The van der Waals surface area contributed by atoms with Gasteiger partial charge in [-0.15, -0.1) is 0 Å². The standard InChI is InChI=1S/C20H16N4O6/c1-20(2)29-18(25)16(19(26)30-20)15(12(8-23)17(24)11(6-21)7-22)10-3-4-13-14(5-10)28-9-27-13/h3-5,11-12,15,24-25H,9H2,1-2H3/p-1/t12-,15-/m1/s1. The molecule has 2 aliphatic heterocycles. The van der Waals surface area contributed by atoms with Crippen molar-refractivity contribution in [2.75, 3.05) is 6.79 Å². The van der Waals surface area contributed by atoms with Crippen LogP contribution in [0.2, 0.25) is 0 Å². The number of hydrogen-bond donors (Lipinski definition) is 1. The molecule has 1 N–H and O–H groups in total. The molecule has 0 aliphatic carbocycles. The van der Waals surface area contributed by atoms with Gasteiger partial charge in [-0.1, -0.05) is 6.07 Å². The highest BCUT2D eigenvalue weighted by molar-refractivity contribution is 5.97. The summed E-state index contributed by atoms with van der Waals surface area (Å²) < 4.78 is 20.9. The summed E-state index contributed by atoms with van der Waals surface area (Å²) in [7, 11) is 0. The van der Waals surface area contributed by atoms with Crippen molar-refractivity contribution in [3.63, 3.8) is 0 Å². The van der Waals surface area contributed by atoms with Crippen molar-refractivity contribution in [2.24, 2.45) is 11.8 Å². The number of nitrogens with zero attached hydrogens (tertiary/aromatic N) is 3. The van der Waals surface area contributed by atoms with Crippen LogP contribution in [0.15, 0.2) is 29.7 Å². The minimum atomic E-state index is -1.54. The number of nitrogens with one attached hydrogen (secondary N) is 1. The van der Waals surface area contributed by atoms with E-state index in [4.69, 9.17) is 34.9 Å². The molecule has 3 rings (SSSR count). The molecule has 10 heteroatoms. The Bertz CT molecular complexity index is 1060. The number of esters is 1. The lowest BCUT2D eigenvalue weighted by Gasteiger charge is -2.41. The maximum absolute atomic E-state index is 12.7. The second kappa shape index (κ2) is 7.65. The van der Waals surface area contributed by atoms with Gasteiger partial charge in [0.15, 0.2) is 23.2 Å². The molecular weight excluding hydrogens is 392 g/mol. The highest BCUT2D eigenvalue weighted by atomic mass is 16.8. The monoisotopic (exact) mass is 407 g/mol. The molecule has 2 heterocycles. The fraction of sp³-hybridized carbons (Fsp3) is 0.350. The average Bonchev–Trinajstić information content (AvgIpc) is 3.14. The third-order valence-electron chi connectivity index (χ3n) is 4.56. The third kappa shape index (κ3) is 3.57. The fourth-order valence-corrected chi connectivity index (χ4v) is 3.22. The smallest absolute Gasteiger partial charge is 0.337 e. The summed E-state index contributed by atoms with van der Waals surface area (Å²) in [4.78, 5) is 12.7. The zero-order valence-electron chi connectivity index (χ0n) is 16.0. The topological polar surface area (TPSA) is 172 Å². The first-order valence-electron chi connectivity index (χ1n) is 8.72. The summed E-state index contributed by atoms with van der Waals surface area (Å²) in [6.45, 7) is 2.72. The molecule has 2 aliphatic rings. The van der Waals surface area contributed by atoms with E-state index in [9.17, 15) is 15.2 Å². The Labute approximate surface area is 171 Å². The highest BCUT2D eigenvalue weighted by Gasteiger charge is 2.41. The SMILES string of the molecule is CC1(C)OC(=O)C([C@H](c2ccc3c(c2)OCO3)[C@@H](C#N)C(=N)C(C#N)C#N)=C([O-])O1. The van der Waals surface area contributed by atoms with Crippen LogP contribution in [0.4, 0.5) is 0 Å². The van der Waals surface area contributed by atoms with Crippen LogP contribution in [0.3, 0.4) is 0 Å². The molecule has 10 nitrogen and oxygen atoms in total. The summed E-state index contributed by atoms with van der Waals surface area (Å²) in [5, 5.41) is 49.0. The first-order chi connectivity index (χ1) is 14.2. The van der Waals surface area contributed by atoms with E-state index in [1.165, 1.54) is 32.0 Å². The molecule has 0 aromatic heterocycles. The second-order valence-electron chi connectivity index (χ2n) is 6.94. The van der Waals surface area contributed by atoms with Crippen LogP contribution >= 0.6 is 0 Å². The first kappa shape index (κ1) is 20.5.